The lowest BCUT2D eigenvalue weighted by Crippen LogP contribution is -2.46. The largest absolute Gasteiger partial charge is 0.416 e. The van der Waals surface area contributed by atoms with E-state index in [-0.39, 0.29) is 23.1 Å². The number of carbonyl (C=O) groups is 1. The predicted molar refractivity (Wildman–Crippen MR) is 97.9 cm³/mol. The normalized spacial score (nSPS) is 19.7. The first-order chi connectivity index (χ1) is 13.1. The first kappa shape index (κ1) is 20.2. The number of benzene rings is 1. The van der Waals surface area contributed by atoms with Gasteiger partial charge in [-0.1, -0.05) is 0 Å². The Labute approximate surface area is 161 Å². The molecule has 1 amide bonds. The highest BCUT2D eigenvalue weighted by Crippen LogP contribution is 2.33. The minimum absolute atomic E-state index is 0.0264. The topological polar surface area (TPSA) is 53.5 Å². The van der Waals surface area contributed by atoms with Gasteiger partial charge < -0.3 is 9.80 Å². The van der Waals surface area contributed by atoms with Gasteiger partial charge in [0.1, 0.15) is 17.7 Å². The zero-order valence-corrected chi connectivity index (χ0v) is 15.9. The zero-order valence-electron chi connectivity index (χ0n) is 15.0. The summed E-state index contributed by atoms with van der Waals surface area (Å²) in [5.41, 5.74) is -0.330. The second kappa shape index (κ2) is 7.50. The minimum Gasteiger partial charge on any atom is -0.332 e. The van der Waals surface area contributed by atoms with Crippen molar-refractivity contribution in [1.82, 2.24) is 4.98 Å². The number of carbonyl (C=O) groups excluding carboxylic acids is 1. The van der Waals surface area contributed by atoms with Crippen LogP contribution in [0.2, 0.25) is 0 Å². The maximum Gasteiger partial charge on any atom is 0.416 e. The third kappa shape index (κ3) is 4.16. The monoisotopic (exact) mass is 415 g/mol. The fourth-order valence-electron chi connectivity index (χ4n) is 2.97. The molecule has 1 aromatic heterocycles. The molecule has 3 rings (SSSR count). The maximum atomic E-state index is 13.1. The lowest BCUT2D eigenvalue weighted by molar-refractivity contribution is -0.137. The predicted octanol–water partition coefficient (Wildman–Crippen LogP) is 3.11. The average molecular weight is 415 g/mol. The van der Waals surface area contributed by atoms with Gasteiger partial charge in [-0.2, -0.15) is 13.2 Å². The number of nitrogens with zero attached hydrogens (tertiary/aromatic N) is 3. The summed E-state index contributed by atoms with van der Waals surface area (Å²) in [7, 11) is 0.0542. The van der Waals surface area contributed by atoms with Crippen LogP contribution in [0.3, 0.4) is 0 Å². The van der Waals surface area contributed by atoms with Crippen molar-refractivity contribution >= 4 is 28.2 Å². The Morgan fingerprint density at radius 1 is 1.25 bits per heavy atom. The molecule has 1 saturated heterocycles. The molecule has 28 heavy (non-hydrogen) atoms. The number of hydrogen-bond donors (Lipinski definition) is 0. The summed E-state index contributed by atoms with van der Waals surface area (Å²) in [5, 5.41) is 0. The Balaban J connectivity index is 1.93. The van der Waals surface area contributed by atoms with E-state index in [1.165, 1.54) is 48.0 Å². The first-order valence-electron chi connectivity index (χ1n) is 8.27. The van der Waals surface area contributed by atoms with Gasteiger partial charge in [0.15, 0.2) is 0 Å². The lowest BCUT2D eigenvalue weighted by atomic mass is 10.2. The molecule has 0 radical (unpaired) electrons. The van der Waals surface area contributed by atoms with Crippen LogP contribution in [-0.2, 0) is 21.8 Å². The quantitative estimate of drug-likeness (QED) is 0.723. The van der Waals surface area contributed by atoms with Crippen LogP contribution in [0.1, 0.15) is 11.3 Å². The number of halogens is 4. The molecule has 2 atom stereocenters. The second-order valence-electron chi connectivity index (χ2n) is 6.45. The molecule has 0 bridgehead atoms. The van der Waals surface area contributed by atoms with Crippen molar-refractivity contribution in [3.05, 3.63) is 53.5 Å². The molecule has 5 nitrogen and oxygen atoms in total. The smallest absolute Gasteiger partial charge is 0.332 e. The number of anilines is 2. The summed E-state index contributed by atoms with van der Waals surface area (Å²) in [5.74, 6) is -1.10. The standard InChI is InChI=1S/C18H17F4N3O2S/c1-11-7-12(18(20,21)22)8-16(23-11)25-10-28(27)9-15(25)17(26)24(2)14-5-3-13(19)4-6-14/h3-8,15H,9-10H2,1-2H3/t15-,28?/m0/s1. The van der Waals surface area contributed by atoms with Crippen LogP contribution in [0.5, 0.6) is 0 Å². The number of alkyl halides is 3. The third-order valence-corrected chi connectivity index (χ3v) is 5.65. The van der Waals surface area contributed by atoms with Gasteiger partial charge in [0.2, 0.25) is 5.91 Å². The van der Waals surface area contributed by atoms with E-state index >= 15 is 0 Å². The van der Waals surface area contributed by atoms with Gasteiger partial charge in [-0.3, -0.25) is 9.00 Å². The van der Waals surface area contributed by atoms with E-state index in [1.807, 2.05) is 0 Å². The SMILES string of the molecule is Cc1cc(C(F)(F)F)cc(N2CS(=O)C[C@H]2C(=O)N(C)c2ccc(F)cc2)n1. The van der Waals surface area contributed by atoms with Gasteiger partial charge >= 0.3 is 6.18 Å². The molecule has 2 heterocycles. The van der Waals surface area contributed by atoms with Crippen molar-refractivity contribution in [2.75, 3.05) is 28.5 Å². The molecular weight excluding hydrogens is 398 g/mol. The highest BCUT2D eigenvalue weighted by Gasteiger charge is 2.39. The number of aromatic nitrogens is 1. The summed E-state index contributed by atoms with van der Waals surface area (Å²) < 4.78 is 64.6. The van der Waals surface area contributed by atoms with Gasteiger partial charge in [-0.15, -0.1) is 0 Å². The third-order valence-electron chi connectivity index (χ3n) is 4.39. The summed E-state index contributed by atoms with van der Waals surface area (Å²) >= 11 is 0. The number of hydrogen-bond acceptors (Lipinski definition) is 4. The van der Waals surface area contributed by atoms with E-state index in [9.17, 15) is 26.6 Å². The van der Waals surface area contributed by atoms with E-state index in [0.717, 1.165) is 12.1 Å². The lowest BCUT2D eigenvalue weighted by Gasteiger charge is -2.28. The molecule has 0 aliphatic carbocycles. The molecule has 1 aliphatic heterocycles. The van der Waals surface area contributed by atoms with Crippen molar-refractivity contribution in [2.24, 2.45) is 0 Å². The van der Waals surface area contributed by atoms with Crippen LogP contribution in [0.4, 0.5) is 29.1 Å². The zero-order chi connectivity index (χ0) is 20.6. The summed E-state index contributed by atoms with van der Waals surface area (Å²) in [4.78, 5) is 19.6. The van der Waals surface area contributed by atoms with Crippen LogP contribution in [-0.4, -0.2) is 39.8 Å². The number of pyridine rings is 1. The van der Waals surface area contributed by atoms with Gasteiger partial charge in [0, 0.05) is 29.2 Å². The number of likely N-dealkylation sites (N-methyl/N-ethyl adjacent to an activating group) is 1. The fraction of sp³-hybridized carbons (Fsp3) is 0.333. The molecule has 1 aliphatic rings. The Kier molecular flexibility index (Phi) is 5.42. The van der Waals surface area contributed by atoms with Crippen molar-refractivity contribution in [2.45, 2.75) is 19.1 Å². The molecular formula is C18H17F4N3O2S. The van der Waals surface area contributed by atoms with Gasteiger partial charge in [0.05, 0.1) is 17.2 Å². The van der Waals surface area contributed by atoms with E-state index in [1.54, 1.807) is 0 Å². The molecule has 1 unspecified atom stereocenters. The fourth-order valence-corrected chi connectivity index (χ4v) is 4.37. The molecule has 0 N–H and O–H groups in total. The van der Waals surface area contributed by atoms with Gasteiger partial charge in [0.25, 0.3) is 0 Å². The molecule has 10 heteroatoms. The van der Waals surface area contributed by atoms with Crippen LogP contribution in [0.15, 0.2) is 36.4 Å². The summed E-state index contributed by atoms with van der Waals surface area (Å²) in [6, 6.07) is 6.05. The van der Waals surface area contributed by atoms with Crippen LogP contribution in [0.25, 0.3) is 0 Å². The van der Waals surface area contributed by atoms with Gasteiger partial charge in [-0.05, 0) is 43.3 Å². The Morgan fingerprint density at radius 2 is 1.89 bits per heavy atom. The van der Waals surface area contributed by atoms with Crippen molar-refractivity contribution in [3.63, 3.8) is 0 Å². The molecule has 2 aromatic rings. The van der Waals surface area contributed by atoms with Crippen LogP contribution >= 0.6 is 0 Å². The van der Waals surface area contributed by atoms with Crippen molar-refractivity contribution < 1.29 is 26.6 Å². The summed E-state index contributed by atoms with van der Waals surface area (Å²) in [6.45, 7) is 1.42. The van der Waals surface area contributed by atoms with E-state index in [4.69, 9.17) is 0 Å². The van der Waals surface area contributed by atoms with E-state index in [2.05, 4.69) is 4.98 Å². The Bertz CT molecular complexity index is 918. The maximum absolute atomic E-state index is 13.1. The van der Waals surface area contributed by atoms with Crippen molar-refractivity contribution in [1.29, 1.82) is 0 Å². The highest BCUT2D eigenvalue weighted by molar-refractivity contribution is 7.85. The minimum atomic E-state index is -4.56. The average Bonchev–Trinajstić information content (AvgIpc) is 3.01. The molecule has 1 aromatic carbocycles. The molecule has 0 saturated carbocycles. The first-order valence-corrected chi connectivity index (χ1v) is 9.75. The van der Waals surface area contributed by atoms with E-state index in [0.29, 0.717) is 5.69 Å². The van der Waals surface area contributed by atoms with Crippen LogP contribution < -0.4 is 9.80 Å². The molecule has 150 valence electrons. The number of amides is 1. The second-order valence-corrected chi connectivity index (χ2v) is 7.92. The number of aryl methyl sites for hydroxylation is 1. The molecule has 1 fully saturated rings. The Hall–Kier alpha value is -2.49. The van der Waals surface area contributed by atoms with E-state index < -0.39 is 40.3 Å². The molecule has 0 spiro atoms. The van der Waals surface area contributed by atoms with Crippen molar-refractivity contribution in [3.8, 4) is 0 Å². The summed E-state index contributed by atoms with van der Waals surface area (Å²) in [6.07, 6.45) is -4.56. The highest BCUT2D eigenvalue weighted by atomic mass is 32.2. The van der Waals surface area contributed by atoms with Crippen LogP contribution in [0, 0.1) is 12.7 Å². The Morgan fingerprint density at radius 3 is 2.50 bits per heavy atom. The number of rotatable bonds is 3. The van der Waals surface area contributed by atoms with Gasteiger partial charge in [-0.25, -0.2) is 9.37 Å².